The number of carbonyl (C=O) groups excluding carboxylic acids is 1. The highest BCUT2D eigenvalue weighted by Crippen LogP contribution is 2.35. The Balaban J connectivity index is 2.07. The van der Waals surface area contributed by atoms with Crippen molar-refractivity contribution in [3.8, 4) is 11.5 Å². The average molecular weight is 374 g/mol. The fourth-order valence-electron chi connectivity index (χ4n) is 2.26. The maximum atomic E-state index is 13.3. The number of halogens is 2. The summed E-state index contributed by atoms with van der Waals surface area (Å²) in [7, 11) is 1.45. The molecule has 0 atom stereocenters. The van der Waals surface area contributed by atoms with Gasteiger partial charge in [-0.1, -0.05) is 18.2 Å². The third-order valence-electron chi connectivity index (χ3n) is 3.48. The van der Waals surface area contributed by atoms with Gasteiger partial charge in [0.1, 0.15) is 18.0 Å². The fraction of sp³-hybridized carbons (Fsp3) is 0.0556. The van der Waals surface area contributed by atoms with Crippen molar-refractivity contribution < 1.29 is 18.7 Å². The number of hydrogen-bond acceptors (Lipinski definition) is 6. The number of nitrogens with one attached hydrogen (secondary N) is 1. The van der Waals surface area contributed by atoms with Crippen molar-refractivity contribution in [2.24, 2.45) is 0 Å². The van der Waals surface area contributed by atoms with E-state index in [0.29, 0.717) is 28.2 Å². The van der Waals surface area contributed by atoms with Gasteiger partial charge in [0.2, 0.25) is 0 Å². The highest BCUT2D eigenvalue weighted by atomic mass is 35.5. The first-order valence-corrected chi connectivity index (χ1v) is 7.78. The van der Waals surface area contributed by atoms with E-state index < -0.39 is 11.8 Å². The van der Waals surface area contributed by atoms with E-state index in [1.54, 1.807) is 12.1 Å². The van der Waals surface area contributed by atoms with E-state index in [1.807, 2.05) is 0 Å². The molecule has 0 unspecified atom stereocenters. The van der Waals surface area contributed by atoms with Crippen molar-refractivity contribution in [3.05, 3.63) is 60.2 Å². The van der Waals surface area contributed by atoms with Crippen molar-refractivity contribution >= 4 is 40.0 Å². The number of fused-ring (bicyclic) bond motifs is 1. The second-order valence-electron chi connectivity index (χ2n) is 5.12. The summed E-state index contributed by atoms with van der Waals surface area (Å²) < 4.78 is 23.8. The SMILES string of the molecule is C=CC(=O)Oc1cc2c(Nc3ccc(F)c(Cl)c3)ncnc2cc1OC. The van der Waals surface area contributed by atoms with Crippen LogP contribution in [0.15, 0.2) is 49.3 Å². The number of hydrogen-bond donors (Lipinski definition) is 1. The van der Waals surface area contributed by atoms with Gasteiger partial charge in [0, 0.05) is 23.2 Å². The topological polar surface area (TPSA) is 73.3 Å². The molecule has 0 saturated carbocycles. The summed E-state index contributed by atoms with van der Waals surface area (Å²) in [6.45, 7) is 3.37. The lowest BCUT2D eigenvalue weighted by Gasteiger charge is -2.12. The highest BCUT2D eigenvalue weighted by molar-refractivity contribution is 6.31. The predicted molar refractivity (Wildman–Crippen MR) is 96.6 cm³/mol. The quantitative estimate of drug-likeness (QED) is 0.409. The maximum Gasteiger partial charge on any atom is 0.335 e. The van der Waals surface area contributed by atoms with Crippen LogP contribution in [-0.4, -0.2) is 23.0 Å². The summed E-state index contributed by atoms with van der Waals surface area (Å²) in [5.74, 6) is -0.189. The molecular formula is C18H13ClFN3O3. The van der Waals surface area contributed by atoms with Crippen LogP contribution >= 0.6 is 11.6 Å². The average Bonchev–Trinajstić information content (AvgIpc) is 2.64. The summed E-state index contributed by atoms with van der Waals surface area (Å²) in [5.41, 5.74) is 1.10. The molecule has 0 aliphatic carbocycles. The molecule has 0 fully saturated rings. The van der Waals surface area contributed by atoms with Crippen LogP contribution in [0.2, 0.25) is 5.02 Å². The number of rotatable bonds is 5. The number of aromatic nitrogens is 2. The van der Waals surface area contributed by atoms with E-state index >= 15 is 0 Å². The first-order valence-electron chi connectivity index (χ1n) is 7.41. The van der Waals surface area contributed by atoms with Crippen LogP contribution in [0.1, 0.15) is 0 Å². The van der Waals surface area contributed by atoms with Crippen LogP contribution in [0.25, 0.3) is 10.9 Å². The Labute approximate surface area is 153 Å². The Bertz CT molecular complexity index is 1010. The monoisotopic (exact) mass is 373 g/mol. The van der Waals surface area contributed by atoms with Gasteiger partial charge >= 0.3 is 5.97 Å². The number of methoxy groups -OCH3 is 1. The zero-order chi connectivity index (χ0) is 18.7. The van der Waals surface area contributed by atoms with Gasteiger partial charge in [-0.25, -0.2) is 19.2 Å². The molecule has 2 aromatic carbocycles. The molecule has 0 amide bonds. The molecule has 0 spiro atoms. The predicted octanol–water partition coefficient (Wildman–Crippen LogP) is 4.27. The van der Waals surface area contributed by atoms with Crippen molar-refractivity contribution in [2.45, 2.75) is 0 Å². The molecule has 3 rings (SSSR count). The van der Waals surface area contributed by atoms with Gasteiger partial charge in [0.15, 0.2) is 11.5 Å². The third-order valence-corrected chi connectivity index (χ3v) is 3.77. The fourth-order valence-corrected chi connectivity index (χ4v) is 2.44. The Morgan fingerprint density at radius 3 is 2.77 bits per heavy atom. The molecule has 3 aromatic rings. The van der Waals surface area contributed by atoms with Crippen molar-refractivity contribution in [1.82, 2.24) is 9.97 Å². The molecule has 0 aliphatic rings. The third kappa shape index (κ3) is 3.57. The number of carbonyl (C=O) groups is 1. The van der Waals surface area contributed by atoms with Crippen LogP contribution < -0.4 is 14.8 Å². The Morgan fingerprint density at radius 2 is 2.08 bits per heavy atom. The lowest BCUT2D eigenvalue weighted by Crippen LogP contribution is -2.05. The molecular weight excluding hydrogens is 361 g/mol. The van der Waals surface area contributed by atoms with E-state index in [4.69, 9.17) is 21.1 Å². The van der Waals surface area contributed by atoms with Gasteiger partial charge in [0.25, 0.3) is 0 Å². The molecule has 1 N–H and O–H groups in total. The lowest BCUT2D eigenvalue weighted by atomic mass is 10.2. The van der Waals surface area contributed by atoms with Crippen LogP contribution in [0, 0.1) is 5.82 Å². The zero-order valence-electron chi connectivity index (χ0n) is 13.6. The summed E-state index contributed by atoms with van der Waals surface area (Å²) in [6, 6.07) is 7.40. The van der Waals surface area contributed by atoms with Crippen LogP contribution in [0.4, 0.5) is 15.9 Å². The Morgan fingerprint density at radius 1 is 1.27 bits per heavy atom. The van der Waals surface area contributed by atoms with Gasteiger partial charge < -0.3 is 14.8 Å². The van der Waals surface area contributed by atoms with E-state index in [0.717, 1.165) is 6.08 Å². The second kappa shape index (κ2) is 7.37. The lowest BCUT2D eigenvalue weighted by molar-refractivity contribution is -0.129. The zero-order valence-corrected chi connectivity index (χ0v) is 14.4. The number of benzene rings is 2. The van der Waals surface area contributed by atoms with Gasteiger partial charge in [-0.15, -0.1) is 0 Å². The number of ether oxygens (including phenoxy) is 2. The van der Waals surface area contributed by atoms with Crippen molar-refractivity contribution in [1.29, 1.82) is 0 Å². The molecule has 1 aromatic heterocycles. The summed E-state index contributed by atoms with van der Waals surface area (Å²) >= 11 is 5.81. The number of anilines is 2. The van der Waals surface area contributed by atoms with Crippen LogP contribution in [0.5, 0.6) is 11.5 Å². The highest BCUT2D eigenvalue weighted by Gasteiger charge is 2.14. The van der Waals surface area contributed by atoms with Gasteiger partial charge in [-0.2, -0.15) is 0 Å². The Hall–Kier alpha value is -3.19. The van der Waals surface area contributed by atoms with Gasteiger partial charge in [-0.3, -0.25) is 0 Å². The number of nitrogens with zero attached hydrogens (tertiary/aromatic N) is 2. The number of esters is 1. The van der Waals surface area contributed by atoms with Crippen LogP contribution in [-0.2, 0) is 4.79 Å². The summed E-state index contributed by atoms with van der Waals surface area (Å²) in [5, 5.41) is 3.60. The molecule has 0 aliphatic heterocycles. The smallest absolute Gasteiger partial charge is 0.335 e. The second-order valence-corrected chi connectivity index (χ2v) is 5.53. The van der Waals surface area contributed by atoms with E-state index in [1.165, 1.54) is 31.6 Å². The first-order chi connectivity index (χ1) is 12.5. The van der Waals surface area contributed by atoms with E-state index in [2.05, 4.69) is 21.9 Å². The molecule has 8 heteroatoms. The Kier molecular flexibility index (Phi) is 4.99. The largest absolute Gasteiger partial charge is 0.493 e. The summed E-state index contributed by atoms with van der Waals surface area (Å²) in [6.07, 6.45) is 2.41. The molecule has 0 saturated heterocycles. The standard InChI is InChI=1S/C18H13ClFN3O3/c1-3-17(24)26-16-7-11-14(8-15(16)25-2)21-9-22-18(11)23-10-4-5-13(20)12(19)6-10/h3-9H,1H2,2H3,(H,21,22,23). The molecule has 132 valence electrons. The summed E-state index contributed by atoms with van der Waals surface area (Å²) in [4.78, 5) is 19.9. The minimum absolute atomic E-state index is 0.0179. The normalized spacial score (nSPS) is 10.4. The molecule has 26 heavy (non-hydrogen) atoms. The minimum atomic E-state index is -0.626. The minimum Gasteiger partial charge on any atom is -0.493 e. The van der Waals surface area contributed by atoms with Gasteiger partial charge in [0.05, 0.1) is 17.6 Å². The van der Waals surface area contributed by atoms with E-state index in [-0.39, 0.29) is 10.8 Å². The molecule has 1 heterocycles. The van der Waals surface area contributed by atoms with Gasteiger partial charge in [-0.05, 0) is 24.3 Å². The van der Waals surface area contributed by atoms with Crippen LogP contribution in [0.3, 0.4) is 0 Å². The molecule has 0 bridgehead atoms. The molecule has 0 radical (unpaired) electrons. The van der Waals surface area contributed by atoms with E-state index in [9.17, 15) is 9.18 Å². The van der Waals surface area contributed by atoms with Crippen molar-refractivity contribution in [3.63, 3.8) is 0 Å². The van der Waals surface area contributed by atoms with Crippen molar-refractivity contribution in [2.75, 3.05) is 12.4 Å². The molecule has 6 nitrogen and oxygen atoms in total. The maximum absolute atomic E-state index is 13.3. The first kappa shape index (κ1) is 17.6.